The van der Waals surface area contributed by atoms with Crippen LogP contribution >= 0.6 is 11.6 Å². The zero-order valence-electron chi connectivity index (χ0n) is 21.6. The first kappa shape index (κ1) is 30.1. The Morgan fingerprint density at radius 1 is 1.24 bits per heavy atom. The monoisotopic (exact) mass is 586 g/mol. The van der Waals surface area contributed by atoms with Gasteiger partial charge >= 0.3 is 0 Å². The molecule has 2 aromatic rings. The Morgan fingerprint density at radius 3 is 2.53 bits per heavy atom. The molecule has 1 aliphatic heterocycles. The number of hydrogen-bond donors (Lipinski definition) is 1. The molecule has 0 aromatic heterocycles. The molecule has 3 atom stereocenters. The summed E-state index contributed by atoms with van der Waals surface area (Å²) in [5, 5.41) is 3.76. The van der Waals surface area contributed by atoms with E-state index in [1.54, 1.807) is 43.3 Å². The maximum Gasteiger partial charge on any atom is 0.258 e. The van der Waals surface area contributed by atoms with E-state index in [-0.39, 0.29) is 24.3 Å². The van der Waals surface area contributed by atoms with Crippen LogP contribution in [0.3, 0.4) is 0 Å². The van der Waals surface area contributed by atoms with Crippen molar-refractivity contribution in [3.05, 3.63) is 59.0 Å². The van der Waals surface area contributed by atoms with Gasteiger partial charge in [0.1, 0.15) is 5.75 Å². The van der Waals surface area contributed by atoms with E-state index in [0.717, 1.165) is 11.7 Å². The highest BCUT2D eigenvalue weighted by molar-refractivity contribution is 7.93. The van der Waals surface area contributed by atoms with Crippen LogP contribution in [0.4, 0.5) is 4.39 Å². The van der Waals surface area contributed by atoms with E-state index >= 15 is 4.39 Å². The second-order valence-corrected chi connectivity index (χ2v) is 13.6. The molecule has 0 spiro atoms. The highest BCUT2D eigenvalue weighted by Crippen LogP contribution is 2.39. The van der Waals surface area contributed by atoms with E-state index in [2.05, 4.69) is 5.32 Å². The number of sulfone groups is 1. The van der Waals surface area contributed by atoms with Crippen molar-refractivity contribution >= 4 is 37.4 Å². The topological polar surface area (TPSA) is 110 Å². The number of benzene rings is 2. The molecule has 0 aliphatic carbocycles. The van der Waals surface area contributed by atoms with Crippen molar-refractivity contribution in [3.8, 4) is 16.9 Å². The summed E-state index contributed by atoms with van der Waals surface area (Å²) in [6.07, 6.45) is 1.54. The molecule has 38 heavy (non-hydrogen) atoms. The predicted octanol–water partition coefficient (Wildman–Crippen LogP) is 4.35. The van der Waals surface area contributed by atoms with Crippen molar-refractivity contribution < 1.29 is 30.8 Å². The molecule has 1 aliphatic rings. The van der Waals surface area contributed by atoms with E-state index in [4.69, 9.17) is 16.3 Å². The Kier molecular flexibility index (Phi) is 9.28. The normalized spacial score (nSPS) is 21.8. The van der Waals surface area contributed by atoms with Gasteiger partial charge in [-0.25, -0.2) is 21.2 Å². The summed E-state index contributed by atoms with van der Waals surface area (Å²) in [5.74, 6) is -0.434. The standard InChI is InChI=1S/C26H32ClFN2O6S2/c1-5-36-20-10-11-24(22(16-20)21-8-6-7-9-23(21)27)38(34,35)30-14-13-26(28,17-19(30)3)25(31)29-18(2)12-15-37(4,32)33/h6-12,15-16,18-19H,5,13-14,17H2,1-4H3,(H,29,31)/b15-12-/t18-,19-,26+/m1/s1. The Morgan fingerprint density at radius 2 is 1.92 bits per heavy atom. The van der Waals surface area contributed by atoms with Crippen LogP contribution in [0.5, 0.6) is 5.75 Å². The molecule has 3 rings (SSSR count). The fourth-order valence-electron chi connectivity index (χ4n) is 4.39. The smallest absolute Gasteiger partial charge is 0.258 e. The van der Waals surface area contributed by atoms with Gasteiger partial charge in [-0.3, -0.25) is 4.79 Å². The van der Waals surface area contributed by atoms with Crippen LogP contribution < -0.4 is 10.1 Å². The van der Waals surface area contributed by atoms with Gasteiger partial charge in [-0.05, 0) is 45.0 Å². The minimum Gasteiger partial charge on any atom is -0.494 e. The van der Waals surface area contributed by atoms with Crippen molar-refractivity contribution in [3.63, 3.8) is 0 Å². The third-order valence-electron chi connectivity index (χ3n) is 6.23. The van der Waals surface area contributed by atoms with Gasteiger partial charge in [-0.15, -0.1) is 0 Å². The van der Waals surface area contributed by atoms with E-state index in [0.29, 0.717) is 28.5 Å². The predicted molar refractivity (Wildman–Crippen MR) is 146 cm³/mol. The number of halogens is 2. The zero-order chi connectivity index (χ0) is 28.3. The molecule has 0 radical (unpaired) electrons. The Balaban J connectivity index is 1.88. The lowest BCUT2D eigenvalue weighted by Crippen LogP contribution is -2.56. The zero-order valence-corrected chi connectivity index (χ0v) is 24.0. The van der Waals surface area contributed by atoms with E-state index < -0.39 is 43.5 Å². The molecule has 1 amide bonds. The van der Waals surface area contributed by atoms with Crippen LogP contribution in [0.25, 0.3) is 11.1 Å². The Labute approximate surface area is 228 Å². The third kappa shape index (κ3) is 6.93. The maximum atomic E-state index is 15.7. The summed E-state index contributed by atoms with van der Waals surface area (Å²) in [6, 6.07) is 9.91. The molecule has 2 aromatic carbocycles. The van der Waals surface area contributed by atoms with Crippen molar-refractivity contribution in [1.82, 2.24) is 9.62 Å². The average Bonchev–Trinajstić information content (AvgIpc) is 2.82. The first-order valence-corrected chi connectivity index (χ1v) is 15.9. The SMILES string of the molecule is CCOc1ccc(S(=O)(=O)N2CC[C@@](F)(C(=O)N[C@H](C)/C=C\S(C)(=O)=O)C[C@H]2C)c(-c2ccccc2Cl)c1. The molecule has 0 unspecified atom stereocenters. The molecule has 208 valence electrons. The molecular weight excluding hydrogens is 555 g/mol. The van der Waals surface area contributed by atoms with Crippen LogP contribution in [0.1, 0.15) is 33.6 Å². The van der Waals surface area contributed by atoms with Crippen LogP contribution in [-0.4, -0.2) is 64.2 Å². The summed E-state index contributed by atoms with van der Waals surface area (Å²) in [6.45, 7) is 5.05. The summed E-state index contributed by atoms with van der Waals surface area (Å²) in [7, 11) is -7.52. The summed E-state index contributed by atoms with van der Waals surface area (Å²) < 4.78 is 72.9. The van der Waals surface area contributed by atoms with Gasteiger partial charge in [-0.2, -0.15) is 4.31 Å². The molecule has 1 saturated heterocycles. The van der Waals surface area contributed by atoms with Crippen molar-refractivity contribution in [2.75, 3.05) is 19.4 Å². The van der Waals surface area contributed by atoms with Gasteiger partial charge in [0.2, 0.25) is 10.0 Å². The molecule has 0 bridgehead atoms. The van der Waals surface area contributed by atoms with Gasteiger partial charge in [0.15, 0.2) is 15.5 Å². The van der Waals surface area contributed by atoms with Crippen LogP contribution in [0, 0.1) is 0 Å². The third-order valence-corrected chi connectivity index (χ3v) is 9.28. The van der Waals surface area contributed by atoms with E-state index in [9.17, 15) is 21.6 Å². The van der Waals surface area contributed by atoms with Crippen molar-refractivity contribution in [2.45, 2.75) is 56.3 Å². The number of piperidine rings is 1. The lowest BCUT2D eigenvalue weighted by molar-refractivity contribution is -0.136. The maximum absolute atomic E-state index is 15.7. The minimum absolute atomic E-state index is 0.00347. The van der Waals surface area contributed by atoms with Gasteiger partial charge in [0, 0.05) is 59.3 Å². The number of carbonyl (C=O) groups is 1. The summed E-state index contributed by atoms with van der Waals surface area (Å²) in [5.41, 5.74) is -1.45. The number of carbonyl (C=O) groups excluding carboxylic acids is 1. The largest absolute Gasteiger partial charge is 0.494 e. The minimum atomic E-state index is -4.12. The Bertz CT molecular complexity index is 1430. The van der Waals surface area contributed by atoms with Gasteiger partial charge in [0.25, 0.3) is 5.91 Å². The van der Waals surface area contributed by atoms with E-state index in [1.165, 1.54) is 23.4 Å². The highest BCUT2D eigenvalue weighted by Gasteiger charge is 2.48. The number of amides is 1. The number of rotatable bonds is 9. The molecule has 1 heterocycles. The first-order chi connectivity index (χ1) is 17.7. The summed E-state index contributed by atoms with van der Waals surface area (Å²) in [4.78, 5) is 12.7. The second kappa shape index (κ2) is 11.7. The number of ether oxygens (including phenoxy) is 1. The van der Waals surface area contributed by atoms with Crippen molar-refractivity contribution in [1.29, 1.82) is 0 Å². The number of hydrogen-bond acceptors (Lipinski definition) is 6. The first-order valence-electron chi connectivity index (χ1n) is 12.1. The lowest BCUT2D eigenvalue weighted by atomic mass is 9.89. The molecule has 1 fully saturated rings. The molecule has 0 saturated carbocycles. The number of alkyl halides is 1. The van der Waals surface area contributed by atoms with Gasteiger partial charge in [-0.1, -0.05) is 35.9 Å². The number of sulfonamides is 1. The lowest BCUT2D eigenvalue weighted by Gasteiger charge is -2.39. The fourth-order valence-corrected chi connectivity index (χ4v) is 6.97. The highest BCUT2D eigenvalue weighted by atomic mass is 35.5. The second-order valence-electron chi connectivity index (χ2n) is 9.38. The van der Waals surface area contributed by atoms with Crippen LogP contribution in [0.15, 0.2) is 58.8 Å². The van der Waals surface area contributed by atoms with Gasteiger partial charge < -0.3 is 10.1 Å². The molecule has 8 nitrogen and oxygen atoms in total. The average molecular weight is 587 g/mol. The summed E-state index contributed by atoms with van der Waals surface area (Å²) >= 11 is 6.40. The Hall–Kier alpha value is -2.47. The quantitative estimate of drug-likeness (QED) is 0.468. The molecule has 12 heteroatoms. The molecular formula is C26H32ClFN2O6S2. The van der Waals surface area contributed by atoms with Crippen LogP contribution in [-0.2, 0) is 24.7 Å². The molecule has 1 N–H and O–H groups in total. The number of nitrogens with zero attached hydrogens (tertiary/aromatic N) is 1. The fraction of sp³-hybridized carbons (Fsp3) is 0.423. The van der Waals surface area contributed by atoms with E-state index in [1.807, 2.05) is 6.92 Å². The van der Waals surface area contributed by atoms with Crippen molar-refractivity contribution in [2.24, 2.45) is 0 Å². The van der Waals surface area contributed by atoms with Crippen LogP contribution in [0.2, 0.25) is 5.02 Å². The van der Waals surface area contributed by atoms with Gasteiger partial charge in [0.05, 0.1) is 11.5 Å². The number of nitrogens with one attached hydrogen (secondary N) is 1.